The van der Waals surface area contributed by atoms with Crippen molar-refractivity contribution >= 4 is 29.6 Å². The second kappa shape index (κ2) is 6.76. The normalized spacial score (nSPS) is 10.4. The zero-order valence-corrected chi connectivity index (χ0v) is 10.3. The summed E-state index contributed by atoms with van der Waals surface area (Å²) in [7, 11) is 1.23. The maximum absolute atomic E-state index is 12.9. The summed E-state index contributed by atoms with van der Waals surface area (Å²) in [6.45, 7) is -0.205. The molecule has 0 atom stereocenters. The van der Waals surface area contributed by atoms with Crippen molar-refractivity contribution < 1.29 is 18.7 Å². The Morgan fingerprint density at radius 2 is 2.22 bits per heavy atom. The van der Waals surface area contributed by atoms with E-state index in [9.17, 15) is 14.0 Å². The Bertz CT molecular complexity index is 488. The van der Waals surface area contributed by atoms with E-state index in [-0.39, 0.29) is 11.6 Å². The third kappa shape index (κ3) is 4.55. The second-order valence-electron chi connectivity index (χ2n) is 3.30. The SMILES string of the molecule is COC(=O)CNC(=O)C=Cc1ccc(F)c(Cl)c1. The molecular weight excluding hydrogens is 261 g/mol. The first kappa shape index (κ1) is 14.2. The third-order valence-electron chi connectivity index (χ3n) is 2.01. The maximum Gasteiger partial charge on any atom is 0.325 e. The third-order valence-corrected chi connectivity index (χ3v) is 2.30. The number of esters is 1. The van der Waals surface area contributed by atoms with Crippen molar-refractivity contribution in [2.45, 2.75) is 0 Å². The van der Waals surface area contributed by atoms with Crippen molar-refractivity contribution in [2.24, 2.45) is 0 Å². The number of rotatable bonds is 4. The van der Waals surface area contributed by atoms with Gasteiger partial charge in [0.1, 0.15) is 12.4 Å². The molecule has 1 amide bonds. The van der Waals surface area contributed by atoms with Crippen LogP contribution in [-0.4, -0.2) is 25.5 Å². The van der Waals surface area contributed by atoms with Crippen LogP contribution in [0.2, 0.25) is 5.02 Å². The molecule has 0 bridgehead atoms. The molecule has 0 saturated carbocycles. The number of hydrogen-bond donors (Lipinski definition) is 1. The largest absolute Gasteiger partial charge is 0.468 e. The quantitative estimate of drug-likeness (QED) is 0.671. The number of ether oxygens (including phenoxy) is 1. The highest BCUT2D eigenvalue weighted by Crippen LogP contribution is 2.16. The van der Waals surface area contributed by atoms with Crippen LogP contribution in [0.5, 0.6) is 0 Å². The molecule has 96 valence electrons. The Morgan fingerprint density at radius 1 is 1.50 bits per heavy atom. The molecule has 1 aromatic carbocycles. The van der Waals surface area contributed by atoms with Crippen LogP contribution in [0.3, 0.4) is 0 Å². The fourth-order valence-electron chi connectivity index (χ4n) is 1.08. The standard InChI is InChI=1S/C12H11ClFNO3/c1-18-12(17)7-15-11(16)5-3-8-2-4-10(14)9(13)6-8/h2-6H,7H2,1H3,(H,15,16). The smallest absolute Gasteiger partial charge is 0.325 e. The summed E-state index contributed by atoms with van der Waals surface area (Å²) in [5.74, 6) is -1.52. The van der Waals surface area contributed by atoms with E-state index in [2.05, 4.69) is 10.1 Å². The van der Waals surface area contributed by atoms with Gasteiger partial charge in [0, 0.05) is 6.08 Å². The second-order valence-corrected chi connectivity index (χ2v) is 3.71. The van der Waals surface area contributed by atoms with E-state index in [1.165, 1.54) is 37.5 Å². The van der Waals surface area contributed by atoms with Crippen molar-refractivity contribution in [3.8, 4) is 0 Å². The molecule has 18 heavy (non-hydrogen) atoms. The molecule has 0 radical (unpaired) electrons. The lowest BCUT2D eigenvalue weighted by Gasteiger charge is -2.00. The van der Waals surface area contributed by atoms with Crippen molar-refractivity contribution in [1.29, 1.82) is 0 Å². The molecule has 1 aromatic rings. The first-order chi connectivity index (χ1) is 8.52. The Balaban J connectivity index is 2.55. The van der Waals surface area contributed by atoms with Crippen LogP contribution in [0, 0.1) is 5.82 Å². The monoisotopic (exact) mass is 271 g/mol. The van der Waals surface area contributed by atoms with Gasteiger partial charge >= 0.3 is 5.97 Å². The molecule has 0 spiro atoms. The van der Waals surface area contributed by atoms with Gasteiger partial charge in [0.05, 0.1) is 12.1 Å². The fourth-order valence-corrected chi connectivity index (χ4v) is 1.27. The van der Waals surface area contributed by atoms with Gasteiger partial charge in [0.15, 0.2) is 0 Å². The average Bonchev–Trinajstić information content (AvgIpc) is 2.37. The van der Waals surface area contributed by atoms with Crippen molar-refractivity contribution in [3.05, 3.63) is 40.7 Å². The van der Waals surface area contributed by atoms with Crippen molar-refractivity contribution in [1.82, 2.24) is 5.32 Å². The first-order valence-electron chi connectivity index (χ1n) is 5.00. The van der Waals surface area contributed by atoms with Gasteiger partial charge in [-0.1, -0.05) is 17.7 Å². The molecule has 1 rings (SSSR count). The lowest BCUT2D eigenvalue weighted by Crippen LogP contribution is -2.28. The minimum absolute atomic E-state index is 0.0212. The average molecular weight is 272 g/mol. The van der Waals surface area contributed by atoms with E-state index in [1.807, 2.05) is 0 Å². The predicted octanol–water partition coefficient (Wildman–Crippen LogP) is 1.78. The highest BCUT2D eigenvalue weighted by molar-refractivity contribution is 6.30. The zero-order valence-electron chi connectivity index (χ0n) is 9.57. The number of carbonyl (C=O) groups is 2. The lowest BCUT2D eigenvalue weighted by molar-refractivity contribution is -0.140. The number of benzene rings is 1. The number of carbonyl (C=O) groups excluding carboxylic acids is 2. The number of amides is 1. The molecule has 0 unspecified atom stereocenters. The van der Waals surface area contributed by atoms with E-state index in [0.29, 0.717) is 5.56 Å². The van der Waals surface area contributed by atoms with Gasteiger partial charge in [0.25, 0.3) is 0 Å². The lowest BCUT2D eigenvalue weighted by atomic mass is 10.2. The molecule has 0 aliphatic rings. The molecule has 4 nitrogen and oxygen atoms in total. The van der Waals surface area contributed by atoms with Crippen LogP contribution in [0.15, 0.2) is 24.3 Å². The van der Waals surface area contributed by atoms with Gasteiger partial charge in [-0.05, 0) is 23.8 Å². The van der Waals surface area contributed by atoms with Crippen molar-refractivity contribution in [2.75, 3.05) is 13.7 Å². The van der Waals surface area contributed by atoms with Crippen LogP contribution in [-0.2, 0) is 14.3 Å². The fraction of sp³-hybridized carbons (Fsp3) is 0.167. The number of halogens is 2. The number of nitrogens with one attached hydrogen (secondary N) is 1. The summed E-state index contributed by atoms with van der Waals surface area (Å²) in [5, 5.41) is 2.30. The summed E-state index contributed by atoms with van der Waals surface area (Å²) < 4.78 is 17.2. The first-order valence-corrected chi connectivity index (χ1v) is 5.38. The van der Waals surface area contributed by atoms with E-state index >= 15 is 0 Å². The zero-order chi connectivity index (χ0) is 13.5. The molecule has 0 aliphatic carbocycles. The Kier molecular flexibility index (Phi) is 5.32. The van der Waals surface area contributed by atoms with E-state index in [4.69, 9.17) is 11.6 Å². The maximum atomic E-state index is 12.9. The summed E-state index contributed by atoms with van der Waals surface area (Å²) in [4.78, 5) is 22.0. The van der Waals surface area contributed by atoms with Crippen LogP contribution < -0.4 is 5.32 Å². The minimum atomic E-state index is -0.540. The molecular formula is C12H11ClFNO3. The van der Waals surface area contributed by atoms with Crippen LogP contribution >= 0.6 is 11.6 Å². The van der Waals surface area contributed by atoms with E-state index in [1.54, 1.807) is 0 Å². The number of methoxy groups -OCH3 is 1. The van der Waals surface area contributed by atoms with Gasteiger partial charge in [-0.15, -0.1) is 0 Å². The Hall–Kier alpha value is -1.88. The highest BCUT2D eigenvalue weighted by atomic mass is 35.5. The minimum Gasteiger partial charge on any atom is -0.468 e. The molecule has 0 aromatic heterocycles. The number of hydrogen-bond acceptors (Lipinski definition) is 3. The summed E-state index contributed by atoms with van der Waals surface area (Å²) in [6.07, 6.45) is 2.67. The van der Waals surface area contributed by atoms with Crippen LogP contribution in [0.4, 0.5) is 4.39 Å². The molecule has 0 saturated heterocycles. The molecule has 0 heterocycles. The topological polar surface area (TPSA) is 55.4 Å². The van der Waals surface area contributed by atoms with Gasteiger partial charge < -0.3 is 10.1 Å². The van der Waals surface area contributed by atoms with Gasteiger partial charge in [-0.25, -0.2) is 4.39 Å². The highest BCUT2D eigenvalue weighted by Gasteiger charge is 2.02. The summed E-state index contributed by atoms with van der Waals surface area (Å²) >= 11 is 5.58. The predicted molar refractivity (Wildman–Crippen MR) is 65.5 cm³/mol. The molecule has 0 aliphatic heterocycles. The summed E-state index contributed by atoms with van der Waals surface area (Å²) in [6, 6.07) is 4.07. The van der Waals surface area contributed by atoms with Gasteiger partial charge in [0.2, 0.25) is 5.91 Å². The summed E-state index contributed by atoms with van der Waals surface area (Å²) in [5.41, 5.74) is 0.578. The van der Waals surface area contributed by atoms with Crippen LogP contribution in [0.1, 0.15) is 5.56 Å². The Morgan fingerprint density at radius 3 is 2.83 bits per heavy atom. The van der Waals surface area contributed by atoms with Crippen LogP contribution in [0.25, 0.3) is 6.08 Å². The molecule has 0 fully saturated rings. The Labute approximate surface area is 108 Å². The van der Waals surface area contributed by atoms with Gasteiger partial charge in [-0.2, -0.15) is 0 Å². The van der Waals surface area contributed by atoms with E-state index < -0.39 is 17.7 Å². The van der Waals surface area contributed by atoms with E-state index in [0.717, 1.165) is 0 Å². The molecule has 1 N–H and O–H groups in total. The van der Waals surface area contributed by atoms with Crippen molar-refractivity contribution in [3.63, 3.8) is 0 Å². The molecule has 6 heteroatoms. The van der Waals surface area contributed by atoms with Gasteiger partial charge in [-0.3, -0.25) is 9.59 Å².